The molecule has 1 unspecified atom stereocenters. The fraction of sp³-hybridized carbons (Fsp3) is 0.647. The van der Waals surface area contributed by atoms with Crippen molar-refractivity contribution in [3.63, 3.8) is 0 Å². The highest BCUT2D eigenvalue weighted by atomic mass is 16.5. The molecule has 0 saturated heterocycles. The zero-order valence-corrected chi connectivity index (χ0v) is 13.2. The van der Waals surface area contributed by atoms with E-state index < -0.39 is 0 Å². The van der Waals surface area contributed by atoms with Gasteiger partial charge in [-0.2, -0.15) is 0 Å². The highest BCUT2D eigenvalue weighted by Crippen LogP contribution is 2.41. The first-order valence-corrected chi connectivity index (χ1v) is 7.75. The van der Waals surface area contributed by atoms with Gasteiger partial charge in [-0.15, -0.1) is 0 Å². The molecule has 3 nitrogen and oxygen atoms in total. The molecule has 0 bridgehead atoms. The Morgan fingerprint density at radius 2 is 2.15 bits per heavy atom. The molecular weight excluding hydrogens is 250 g/mol. The van der Waals surface area contributed by atoms with Gasteiger partial charge in [0.05, 0.1) is 6.61 Å². The summed E-state index contributed by atoms with van der Waals surface area (Å²) in [6.45, 7) is 10.3. The lowest BCUT2D eigenvalue weighted by Crippen LogP contribution is -2.39. The topological polar surface area (TPSA) is 30.5 Å². The van der Waals surface area contributed by atoms with Gasteiger partial charge in [0.15, 0.2) is 0 Å². The van der Waals surface area contributed by atoms with Crippen LogP contribution in [0.3, 0.4) is 0 Å². The molecular formula is C17H27NO2. The van der Waals surface area contributed by atoms with E-state index in [9.17, 15) is 0 Å². The molecule has 20 heavy (non-hydrogen) atoms. The average molecular weight is 277 g/mol. The first kappa shape index (κ1) is 15.2. The van der Waals surface area contributed by atoms with Crippen molar-refractivity contribution in [1.29, 1.82) is 0 Å². The molecule has 0 aliphatic carbocycles. The van der Waals surface area contributed by atoms with Crippen LogP contribution in [-0.4, -0.2) is 18.8 Å². The summed E-state index contributed by atoms with van der Waals surface area (Å²) in [7, 11) is 0. The Labute approximate surface area is 122 Å². The van der Waals surface area contributed by atoms with Gasteiger partial charge in [-0.1, -0.05) is 13.3 Å². The third-order valence-electron chi connectivity index (χ3n) is 3.67. The zero-order valence-electron chi connectivity index (χ0n) is 13.2. The second kappa shape index (κ2) is 6.49. The summed E-state index contributed by atoms with van der Waals surface area (Å²) in [4.78, 5) is 0. The number of fused-ring (bicyclic) bond motifs is 1. The van der Waals surface area contributed by atoms with Crippen LogP contribution in [0.2, 0.25) is 0 Å². The lowest BCUT2D eigenvalue weighted by molar-refractivity contribution is 0.0658. The molecule has 1 aliphatic rings. The molecule has 112 valence electrons. The number of hydrogen-bond acceptors (Lipinski definition) is 3. The van der Waals surface area contributed by atoms with Gasteiger partial charge in [0.25, 0.3) is 0 Å². The SMILES string of the molecule is CCCCNC1CC(C)(C)Oc2ccc(OCC)cc21. The predicted molar refractivity (Wildman–Crippen MR) is 82.6 cm³/mol. The summed E-state index contributed by atoms with van der Waals surface area (Å²) in [5.74, 6) is 1.91. The minimum Gasteiger partial charge on any atom is -0.494 e. The molecule has 1 heterocycles. The molecule has 1 atom stereocenters. The molecule has 0 saturated carbocycles. The standard InChI is InChI=1S/C17H27NO2/c1-5-7-10-18-15-12-17(3,4)20-16-9-8-13(19-6-2)11-14(15)16/h8-9,11,15,18H,5-7,10,12H2,1-4H3. The summed E-state index contributed by atoms with van der Waals surface area (Å²) in [6, 6.07) is 6.50. The first-order valence-electron chi connectivity index (χ1n) is 7.75. The van der Waals surface area contributed by atoms with Crippen molar-refractivity contribution in [3.8, 4) is 11.5 Å². The van der Waals surface area contributed by atoms with E-state index in [0.717, 1.165) is 24.5 Å². The van der Waals surface area contributed by atoms with Crippen molar-refractivity contribution in [2.75, 3.05) is 13.2 Å². The molecule has 1 aromatic rings. The number of unbranched alkanes of at least 4 members (excludes halogenated alkanes) is 1. The Hall–Kier alpha value is -1.22. The lowest BCUT2D eigenvalue weighted by atomic mass is 9.89. The molecule has 1 aromatic carbocycles. The predicted octanol–water partition coefficient (Wildman–Crippen LogP) is 4.08. The number of ether oxygens (including phenoxy) is 2. The summed E-state index contributed by atoms with van der Waals surface area (Å²) >= 11 is 0. The molecule has 1 aliphatic heterocycles. The van der Waals surface area contributed by atoms with Crippen LogP contribution in [-0.2, 0) is 0 Å². The maximum absolute atomic E-state index is 6.09. The number of benzene rings is 1. The smallest absolute Gasteiger partial charge is 0.125 e. The Bertz CT molecular complexity index is 443. The van der Waals surface area contributed by atoms with Gasteiger partial charge < -0.3 is 14.8 Å². The highest BCUT2D eigenvalue weighted by Gasteiger charge is 2.33. The lowest BCUT2D eigenvalue weighted by Gasteiger charge is -2.38. The van der Waals surface area contributed by atoms with E-state index in [1.807, 2.05) is 19.1 Å². The average Bonchev–Trinajstić information content (AvgIpc) is 2.39. The number of rotatable bonds is 6. The number of hydrogen-bond donors (Lipinski definition) is 1. The van der Waals surface area contributed by atoms with Crippen LogP contribution in [0.1, 0.15) is 58.6 Å². The highest BCUT2D eigenvalue weighted by molar-refractivity contribution is 5.44. The quantitative estimate of drug-likeness (QED) is 0.795. The van der Waals surface area contributed by atoms with Gasteiger partial charge in [0.1, 0.15) is 17.1 Å². The third kappa shape index (κ3) is 3.66. The van der Waals surface area contributed by atoms with Crippen molar-refractivity contribution >= 4 is 0 Å². The normalized spacial score (nSPS) is 20.1. The summed E-state index contributed by atoms with van der Waals surface area (Å²) in [5, 5.41) is 3.67. The van der Waals surface area contributed by atoms with E-state index in [1.165, 1.54) is 18.4 Å². The third-order valence-corrected chi connectivity index (χ3v) is 3.67. The number of nitrogens with one attached hydrogen (secondary N) is 1. The van der Waals surface area contributed by atoms with Gasteiger partial charge in [-0.3, -0.25) is 0 Å². The van der Waals surface area contributed by atoms with Gasteiger partial charge in [0, 0.05) is 18.0 Å². The van der Waals surface area contributed by atoms with E-state index in [0.29, 0.717) is 12.6 Å². The Kier molecular flexibility index (Phi) is 4.92. The van der Waals surface area contributed by atoms with Crippen molar-refractivity contribution in [2.24, 2.45) is 0 Å². The second-order valence-corrected chi connectivity index (χ2v) is 6.06. The zero-order chi connectivity index (χ0) is 14.6. The van der Waals surface area contributed by atoms with Crippen LogP contribution in [0.25, 0.3) is 0 Å². The Morgan fingerprint density at radius 3 is 2.85 bits per heavy atom. The van der Waals surface area contributed by atoms with Crippen LogP contribution in [0, 0.1) is 0 Å². The maximum atomic E-state index is 6.09. The van der Waals surface area contributed by atoms with Crippen molar-refractivity contribution in [3.05, 3.63) is 23.8 Å². The van der Waals surface area contributed by atoms with Crippen molar-refractivity contribution < 1.29 is 9.47 Å². The van der Waals surface area contributed by atoms with Crippen molar-refractivity contribution in [1.82, 2.24) is 5.32 Å². The van der Waals surface area contributed by atoms with E-state index in [4.69, 9.17) is 9.47 Å². The monoisotopic (exact) mass is 277 g/mol. The minimum atomic E-state index is -0.121. The molecule has 0 fully saturated rings. The summed E-state index contributed by atoms with van der Waals surface area (Å²) in [5.41, 5.74) is 1.11. The van der Waals surface area contributed by atoms with Gasteiger partial charge in [-0.05, 0) is 51.9 Å². The maximum Gasteiger partial charge on any atom is 0.125 e. The van der Waals surface area contributed by atoms with Gasteiger partial charge in [0.2, 0.25) is 0 Å². The van der Waals surface area contributed by atoms with Crippen LogP contribution >= 0.6 is 0 Å². The largest absolute Gasteiger partial charge is 0.494 e. The minimum absolute atomic E-state index is 0.121. The van der Waals surface area contributed by atoms with E-state index in [-0.39, 0.29) is 5.60 Å². The summed E-state index contributed by atoms with van der Waals surface area (Å²) in [6.07, 6.45) is 3.41. The molecule has 0 spiro atoms. The molecule has 3 heteroatoms. The molecule has 0 amide bonds. The first-order chi connectivity index (χ1) is 9.55. The summed E-state index contributed by atoms with van der Waals surface area (Å²) < 4.78 is 11.7. The van der Waals surface area contributed by atoms with E-state index in [1.54, 1.807) is 0 Å². The van der Waals surface area contributed by atoms with Crippen molar-refractivity contribution in [2.45, 2.75) is 58.6 Å². The van der Waals surface area contributed by atoms with Crippen LogP contribution in [0.4, 0.5) is 0 Å². The van der Waals surface area contributed by atoms with Crippen LogP contribution in [0.15, 0.2) is 18.2 Å². The Morgan fingerprint density at radius 1 is 1.35 bits per heavy atom. The van der Waals surface area contributed by atoms with E-state index >= 15 is 0 Å². The molecule has 0 radical (unpaired) electrons. The van der Waals surface area contributed by atoms with E-state index in [2.05, 4.69) is 32.2 Å². The van der Waals surface area contributed by atoms with Crippen LogP contribution in [0.5, 0.6) is 11.5 Å². The van der Waals surface area contributed by atoms with Gasteiger partial charge >= 0.3 is 0 Å². The second-order valence-electron chi connectivity index (χ2n) is 6.06. The fourth-order valence-electron chi connectivity index (χ4n) is 2.72. The fourth-order valence-corrected chi connectivity index (χ4v) is 2.72. The molecule has 2 rings (SSSR count). The molecule has 0 aromatic heterocycles. The van der Waals surface area contributed by atoms with Gasteiger partial charge in [-0.25, -0.2) is 0 Å². The van der Waals surface area contributed by atoms with Crippen LogP contribution < -0.4 is 14.8 Å². The molecule has 1 N–H and O–H groups in total. The Balaban J connectivity index is 2.21.